The molecule has 98 valence electrons. The molecule has 0 unspecified atom stereocenters. The van der Waals surface area contributed by atoms with Crippen LogP contribution in [-0.2, 0) is 0 Å². The molecule has 6 N–H and O–H groups in total. The fraction of sp³-hybridized carbons (Fsp3) is 1.00. The van der Waals surface area contributed by atoms with Crippen molar-refractivity contribution in [1.82, 2.24) is 0 Å². The molecular weight excluding hydrogens is 261 g/mol. The molecule has 0 aromatic heterocycles. The van der Waals surface area contributed by atoms with E-state index >= 15 is 0 Å². The maximum atomic E-state index is 5.54. The summed E-state index contributed by atoms with van der Waals surface area (Å²) < 4.78 is 0. The first-order chi connectivity index (χ1) is 7.85. The summed E-state index contributed by atoms with van der Waals surface area (Å²) in [6, 6.07) is 0. The van der Waals surface area contributed by atoms with Crippen LogP contribution in [0.2, 0.25) is 15.6 Å². The Kier molecular flexibility index (Phi) is 13.9. The van der Waals surface area contributed by atoms with Gasteiger partial charge in [0.2, 0.25) is 0 Å². The zero-order valence-electron chi connectivity index (χ0n) is 10.7. The van der Waals surface area contributed by atoms with E-state index in [0.29, 0.717) is 0 Å². The monoisotopic (exact) mass is 291 g/mol. The fourth-order valence-electron chi connectivity index (χ4n) is 1.77. The second-order valence-electron chi connectivity index (χ2n) is 4.33. The number of unbranched alkanes of at least 4 members (excludes halogenated alkanes) is 3. The number of hydrogen-bond donors (Lipinski definition) is 3. The predicted molar refractivity (Wildman–Crippen MR) is 75.0 cm³/mol. The molecule has 0 aliphatic rings. The minimum atomic E-state index is -0.564. The summed E-state index contributed by atoms with van der Waals surface area (Å²) >= 11 is -0.564. The van der Waals surface area contributed by atoms with E-state index in [1.54, 1.807) is 0 Å². The summed E-state index contributed by atoms with van der Waals surface area (Å²) in [5.41, 5.74) is 16.6. The average molecular weight is 291 g/mol. The van der Waals surface area contributed by atoms with Crippen LogP contribution < -0.4 is 17.2 Å². The van der Waals surface area contributed by atoms with Gasteiger partial charge in [-0.25, -0.2) is 0 Å². The van der Waals surface area contributed by atoms with Crippen molar-refractivity contribution in [2.75, 3.05) is 19.6 Å². The van der Waals surface area contributed by atoms with Crippen molar-refractivity contribution in [2.45, 2.75) is 54.2 Å². The molecule has 4 heteroatoms. The topological polar surface area (TPSA) is 78.1 Å². The first-order valence-electron chi connectivity index (χ1n) is 6.67. The normalized spacial score (nSPS) is 11.2. The van der Waals surface area contributed by atoms with Gasteiger partial charge in [0, 0.05) is 0 Å². The van der Waals surface area contributed by atoms with E-state index in [0.717, 1.165) is 19.6 Å². The third-order valence-electron chi connectivity index (χ3n) is 2.79. The van der Waals surface area contributed by atoms with Crippen molar-refractivity contribution in [1.29, 1.82) is 0 Å². The summed E-state index contributed by atoms with van der Waals surface area (Å²) in [6.07, 6.45) is 7.67. The van der Waals surface area contributed by atoms with E-state index in [9.17, 15) is 0 Å². The Bertz CT molecular complexity index is 110. The molecule has 0 atom stereocenters. The summed E-state index contributed by atoms with van der Waals surface area (Å²) in [4.78, 5) is 0. The van der Waals surface area contributed by atoms with Gasteiger partial charge < -0.3 is 0 Å². The van der Waals surface area contributed by atoms with E-state index in [4.69, 9.17) is 17.2 Å². The molecule has 0 fully saturated rings. The second kappa shape index (κ2) is 13.5. The zero-order chi connectivity index (χ0) is 12.1. The third kappa shape index (κ3) is 10.9. The Labute approximate surface area is 106 Å². The van der Waals surface area contributed by atoms with Gasteiger partial charge in [0.1, 0.15) is 0 Å². The standard InChI is InChI=1S/C12H30AsN3/c14-10-4-1-7-13(8-2-5-11-15)9-3-6-12-16/h1-12,14-16H2. The predicted octanol–water partition coefficient (Wildman–Crippen LogP) is 1.70. The van der Waals surface area contributed by atoms with Crippen molar-refractivity contribution in [2.24, 2.45) is 17.2 Å². The first-order valence-corrected chi connectivity index (χ1v) is 10.7. The minimum absolute atomic E-state index is 0.564. The Morgan fingerprint density at radius 3 is 1.06 bits per heavy atom. The molecule has 16 heavy (non-hydrogen) atoms. The number of nitrogens with two attached hydrogens (primary N) is 3. The molecule has 0 aromatic rings. The SMILES string of the molecule is NCCCC[As](CCCCN)CCCCN. The first kappa shape index (κ1) is 16.4. The van der Waals surface area contributed by atoms with Crippen molar-refractivity contribution < 1.29 is 0 Å². The van der Waals surface area contributed by atoms with Crippen molar-refractivity contribution in [3.8, 4) is 0 Å². The van der Waals surface area contributed by atoms with Gasteiger partial charge in [-0.2, -0.15) is 0 Å². The molecule has 0 spiro atoms. The summed E-state index contributed by atoms with van der Waals surface area (Å²) in [5.74, 6) is 0. The van der Waals surface area contributed by atoms with Gasteiger partial charge in [0.15, 0.2) is 0 Å². The summed E-state index contributed by atoms with van der Waals surface area (Å²) in [7, 11) is 0. The Morgan fingerprint density at radius 2 is 0.812 bits per heavy atom. The summed E-state index contributed by atoms with van der Waals surface area (Å²) in [5, 5.41) is 4.46. The third-order valence-corrected chi connectivity index (χ3v) is 8.76. The van der Waals surface area contributed by atoms with Crippen LogP contribution in [0.25, 0.3) is 0 Å². The zero-order valence-corrected chi connectivity index (χ0v) is 12.5. The molecule has 0 rings (SSSR count). The number of rotatable bonds is 12. The van der Waals surface area contributed by atoms with Crippen LogP contribution in [0.1, 0.15) is 38.5 Å². The molecular formula is C12H30AsN3. The van der Waals surface area contributed by atoms with Crippen LogP contribution in [0.15, 0.2) is 0 Å². The van der Waals surface area contributed by atoms with Gasteiger partial charge in [0.25, 0.3) is 0 Å². The van der Waals surface area contributed by atoms with Crippen LogP contribution in [-0.4, -0.2) is 34.3 Å². The molecule has 0 aromatic carbocycles. The van der Waals surface area contributed by atoms with Gasteiger partial charge in [-0.15, -0.1) is 0 Å². The van der Waals surface area contributed by atoms with Crippen molar-refractivity contribution in [3.63, 3.8) is 0 Å². The van der Waals surface area contributed by atoms with E-state index < -0.39 is 14.7 Å². The van der Waals surface area contributed by atoms with Gasteiger partial charge in [0.05, 0.1) is 0 Å². The Hall–Kier alpha value is 0.438. The summed E-state index contributed by atoms with van der Waals surface area (Å²) in [6.45, 7) is 2.56. The molecule has 0 heterocycles. The van der Waals surface area contributed by atoms with Gasteiger partial charge in [-0.05, 0) is 0 Å². The molecule has 0 radical (unpaired) electrons. The van der Waals surface area contributed by atoms with Gasteiger partial charge in [-0.1, -0.05) is 0 Å². The molecule has 0 saturated carbocycles. The van der Waals surface area contributed by atoms with Crippen molar-refractivity contribution >= 4 is 14.7 Å². The quantitative estimate of drug-likeness (QED) is 0.378. The van der Waals surface area contributed by atoms with Crippen LogP contribution in [0.3, 0.4) is 0 Å². The molecule has 0 bridgehead atoms. The van der Waals surface area contributed by atoms with E-state index in [1.807, 2.05) is 0 Å². The van der Waals surface area contributed by atoms with Crippen molar-refractivity contribution in [3.05, 3.63) is 0 Å². The van der Waals surface area contributed by atoms with Gasteiger partial charge in [-0.3, -0.25) is 0 Å². The second-order valence-corrected chi connectivity index (χ2v) is 9.96. The fourth-order valence-corrected chi connectivity index (χ4v) is 7.40. The van der Waals surface area contributed by atoms with Gasteiger partial charge >= 0.3 is 106 Å². The van der Waals surface area contributed by atoms with E-state index in [2.05, 4.69) is 0 Å². The average Bonchev–Trinajstić information content (AvgIpc) is 2.29. The number of hydrogen-bond acceptors (Lipinski definition) is 3. The molecule has 0 amide bonds. The Balaban J connectivity index is 3.58. The van der Waals surface area contributed by atoms with Crippen LogP contribution in [0.4, 0.5) is 0 Å². The van der Waals surface area contributed by atoms with Crippen LogP contribution in [0, 0.1) is 0 Å². The van der Waals surface area contributed by atoms with Crippen LogP contribution in [0.5, 0.6) is 0 Å². The molecule has 0 aliphatic carbocycles. The Morgan fingerprint density at radius 1 is 0.500 bits per heavy atom. The van der Waals surface area contributed by atoms with E-state index in [-0.39, 0.29) is 0 Å². The maximum absolute atomic E-state index is 5.54. The molecule has 0 saturated heterocycles. The molecule has 0 aliphatic heterocycles. The van der Waals surface area contributed by atoms with E-state index in [1.165, 1.54) is 54.2 Å². The molecule has 3 nitrogen and oxygen atoms in total. The van der Waals surface area contributed by atoms with Crippen LogP contribution >= 0.6 is 0 Å².